The van der Waals surface area contributed by atoms with Crippen molar-refractivity contribution in [1.82, 2.24) is 5.01 Å². The van der Waals surface area contributed by atoms with Crippen LogP contribution in [0.4, 0.5) is 19.3 Å². The van der Waals surface area contributed by atoms with Crippen molar-refractivity contribution >= 4 is 52.2 Å². The van der Waals surface area contributed by atoms with Gasteiger partial charge >= 0.3 is 11.4 Å². The zero-order valence-corrected chi connectivity index (χ0v) is 16.3. The van der Waals surface area contributed by atoms with E-state index in [1.807, 2.05) is 19.1 Å². The topological polar surface area (TPSA) is 44.7 Å². The van der Waals surface area contributed by atoms with Crippen LogP contribution in [-0.4, -0.2) is 23.3 Å². The lowest BCUT2D eigenvalue weighted by molar-refractivity contribution is 0.0953. The number of alkyl halides is 3. The molecule has 2 amide bonds. The van der Waals surface area contributed by atoms with Gasteiger partial charge in [0.05, 0.1) is 22.8 Å². The van der Waals surface area contributed by atoms with Crippen molar-refractivity contribution < 1.29 is 13.6 Å². The number of urea groups is 1. The van der Waals surface area contributed by atoms with E-state index in [9.17, 15) is 13.6 Å². The first-order valence-corrected chi connectivity index (χ1v) is 9.08. The standard InChI is InChI=1S/C18H14Cl3F2N3O/c1-10-9-26(25-16(10)11-2-4-12(19)5-3-11)17(27)24-13-6-7-14(15(20)8-13)18(21,22)23/h2-8,10H,9H2,1H3,(H,24,27). The Labute approximate surface area is 169 Å². The molecule has 1 heterocycles. The summed E-state index contributed by atoms with van der Waals surface area (Å²) in [5.74, 6) is 0.0258. The number of hydrogen-bond donors (Lipinski definition) is 1. The maximum atomic E-state index is 13.2. The summed E-state index contributed by atoms with van der Waals surface area (Å²) in [5, 5.41) is 5.03. The fourth-order valence-corrected chi connectivity index (χ4v) is 3.36. The van der Waals surface area contributed by atoms with Crippen LogP contribution in [0, 0.1) is 5.92 Å². The number of hydrazone groups is 1. The molecule has 1 unspecified atom stereocenters. The van der Waals surface area contributed by atoms with Gasteiger partial charge in [0.15, 0.2) is 0 Å². The van der Waals surface area contributed by atoms with Crippen LogP contribution in [0.25, 0.3) is 0 Å². The third kappa shape index (κ3) is 4.51. The number of halogens is 5. The van der Waals surface area contributed by atoms with E-state index in [0.717, 1.165) is 17.3 Å². The lowest BCUT2D eigenvalue weighted by Gasteiger charge is -2.15. The van der Waals surface area contributed by atoms with Crippen LogP contribution >= 0.6 is 34.8 Å². The minimum absolute atomic E-state index is 0.0258. The second-order valence-electron chi connectivity index (χ2n) is 6.10. The van der Waals surface area contributed by atoms with Gasteiger partial charge in [-0.05, 0) is 47.5 Å². The minimum atomic E-state index is -3.58. The van der Waals surface area contributed by atoms with Crippen LogP contribution in [0.2, 0.25) is 10.0 Å². The first-order valence-electron chi connectivity index (χ1n) is 7.95. The predicted octanol–water partition coefficient (Wildman–Crippen LogP) is 6.17. The summed E-state index contributed by atoms with van der Waals surface area (Å²) >= 11 is 16.7. The zero-order valence-electron chi connectivity index (χ0n) is 14.0. The molecular weight excluding hydrogens is 419 g/mol. The lowest BCUT2D eigenvalue weighted by Crippen LogP contribution is -2.30. The molecule has 0 spiro atoms. The SMILES string of the molecule is CC1CN(C(=O)Nc2ccc(C(F)(F)Cl)c(Cl)c2)N=C1c1ccc(Cl)cc1. The molecule has 0 bridgehead atoms. The Balaban J connectivity index is 1.75. The highest BCUT2D eigenvalue weighted by atomic mass is 35.5. The Morgan fingerprint density at radius 3 is 2.48 bits per heavy atom. The highest BCUT2D eigenvalue weighted by molar-refractivity contribution is 6.33. The second kappa shape index (κ2) is 7.62. The highest BCUT2D eigenvalue weighted by Gasteiger charge is 2.31. The second-order valence-corrected chi connectivity index (χ2v) is 7.42. The number of nitrogens with zero attached hydrogens (tertiary/aromatic N) is 2. The van der Waals surface area contributed by atoms with Gasteiger partial charge in [-0.15, -0.1) is 0 Å². The summed E-state index contributed by atoms with van der Waals surface area (Å²) in [7, 11) is 0. The molecule has 1 atom stereocenters. The molecule has 0 saturated carbocycles. The van der Waals surface area contributed by atoms with Crippen molar-refractivity contribution in [3.8, 4) is 0 Å². The smallest absolute Gasteiger partial charge is 0.306 e. The van der Waals surface area contributed by atoms with Crippen molar-refractivity contribution in [2.24, 2.45) is 11.0 Å². The first kappa shape index (κ1) is 19.9. The molecule has 1 aliphatic rings. The summed E-state index contributed by atoms with van der Waals surface area (Å²) in [6.45, 7) is 2.34. The maximum absolute atomic E-state index is 13.2. The van der Waals surface area contributed by atoms with Gasteiger partial charge in [0.2, 0.25) is 0 Å². The maximum Gasteiger partial charge on any atom is 0.349 e. The molecule has 142 valence electrons. The molecule has 0 saturated heterocycles. The molecule has 1 N–H and O–H groups in total. The van der Waals surface area contributed by atoms with Crippen LogP contribution in [0.1, 0.15) is 18.1 Å². The largest absolute Gasteiger partial charge is 0.349 e. The summed E-state index contributed by atoms with van der Waals surface area (Å²) < 4.78 is 26.4. The Morgan fingerprint density at radius 1 is 1.22 bits per heavy atom. The molecule has 0 aromatic heterocycles. The molecule has 2 aromatic carbocycles. The number of nitrogens with one attached hydrogen (secondary N) is 1. The van der Waals surface area contributed by atoms with Crippen molar-refractivity contribution in [3.05, 3.63) is 63.6 Å². The molecular formula is C18H14Cl3F2N3O. The van der Waals surface area contributed by atoms with E-state index in [1.165, 1.54) is 17.1 Å². The van der Waals surface area contributed by atoms with E-state index in [-0.39, 0.29) is 16.6 Å². The Kier molecular flexibility index (Phi) is 5.60. The molecule has 3 rings (SSSR count). The van der Waals surface area contributed by atoms with Gasteiger partial charge in [-0.1, -0.05) is 42.3 Å². The van der Waals surface area contributed by atoms with Crippen molar-refractivity contribution in [2.75, 3.05) is 11.9 Å². The van der Waals surface area contributed by atoms with Gasteiger partial charge in [-0.2, -0.15) is 13.9 Å². The van der Waals surface area contributed by atoms with Crippen LogP contribution in [-0.2, 0) is 5.38 Å². The van der Waals surface area contributed by atoms with Crippen molar-refractivity contribution in [3.63, 3.8) is 0 Å². The predicted molar refractivity (Wildman–Crippen MR) is 104 cm³/mol. The van der Waals surface area contributed by atoms with Crippen molar-refractivity contribution in [2.45, 2.75) is 12.3 Å². The third-order valence-electron chi connectivity index (χ3n) is 4.04. The van der Waals surface area contributed by atoms with Crippen molar-refractivity contribution in [1.29, 1.82) is 0 Å². The summed E-state index contributed by atoms with van der Waals surface area (Å²) in [4.78, 5) is 12.5. The molecule has 4 nitrogen and oxygen atoms in total. The first-order chi connectivity index (χ1) is 12.6. The molecule has 27 heavy (non-hydrogen) atoms. The number of benzene rings is 2. The Hall–Kier alpha value is -1.89. The number of carbonyl (C=O) groups excluding carboxylic acids is 1. The molecule has 1 aliphatic heterocycles. The number of amides is 2. The van der Waals surface area contributed by atoms with Crippen LogP contribution in [0.5, 0.6) is 0 Å². The average Bonchev–Trinajstić information content (AvgIpc) is 2.96. The Bertz CT molecular complexity index is 898. The van der Waals surface area contributed by atoms with Gasteiger partial charge in [0.1, 0.15) is 0 Å². The van der Waals surface area contributed by atoms with Gasteiger partial charge in [0, 0.05) is 16.6 Å². The molecule has 9 heteroatoms. The van der Waals surface area contributed by atoms with E-state index in [2.05, 4.69) is 10.4 Å². The van der Waals surface area contributed by atoms with Gasteiger partial charge in [-0.3, -0.25) is 0 Å². The molecule has 0 radical (unpaired) electrons. The molecule has 0 fully saturated rings. The van der Waals surface area contributed by atoms with E-state index in [1.54, 1.807) is 12.1 Å². The summed E-state index contributed by atoms with van der Waals surface area (Å²) in [6, 6.07) is 10.3. The molecule has 2 aromatic rings. The van der Waals surface area contributed by atoms with Crippen LogP contribution in [0.3, 0.4) is 0 Å². The minimum Gasteiger partial charge on any atom is -0.306 e. The fourth-order valence-electron chi connectivity index (χ4n) is 2.72. The van der Waals surface area contributed by atoms with Gasteiger partial charge in [-0.25, -0.2) is 9.80 Å². The lowest BCUT2D eigenvalue weighted by atomic mass is 10.00. The van der Waals surface area contributed by atoms with E-state index in [4.69, 9.17) is 34.8 Å². The number of hydrogen-bond acceptors (Lipinski definition) is 2. The van der Waals surface area contributed by atoms with E-state index in [0.29, 0.717) is 11.6 Å². The van der Waals surface area contributed by atoms with Crippen LogP contribution < -0.4 is 5.32 Å². The highest BCUT2D eigenvalue weighted by Crippen LogP contribution is 2.38. The summed E-state index contributed by atoms with van der Waals surface area (Å²) in [5.41, 5.74) is 1.37. The quantitative estimate of drug-likeness (QED) is 0.579. The fraction of sp³-hybridized carbons (Fsp3) is 0.222. The van der Waals surface area contributed by atoms with E-state index < -0.39 is 17.0 Å². The third-order valence-corrected chi connectivity index (χ3v) is 4.81. The Morgan fingerprint density at radius 2 is 1.89 bits per heavy atom. The van der Waals surface area contributed by atoms with Gasteiger partial charge < -0.3 is 5.32 Å². The van der Waals surface area contributed by atoms with Crippen LogP contribution in [0.15, 0.2) is 47.6 Å². The number of rotatable bonds is 3. The summed E-state index contributed by atoms with van der Waals surface area (Å²) in [6.07, 6.45) is 0. The number of carbonyl (C=O) groups is 1. The number of anilines is 1. The average molecular weight is 433 g/mol. The normalized spacial score (nSPS) is 17.0. The van der Waals surface area contributed by atoms with E-state index >= 15 is 0 Å². The molecule has 0 aliphatic carbocycles. The monoisotopic (exact) mass is 431 g/mol. The van der Waals surface area contributed by atoms with Gasteiger partial charge in [0.25, 0.3) is 0 Å². The zero-order chi connectivity index (χ0) is 19.8.